The van der Waals surface area contributed by atoms with Gasteiger partial charge in [0, 0.05) is 39.1 Å². The number of rotatable bonds is 4. The minimum atomic E-state index is -0.897. The third-order valence-electron chi connectivity index (χ3n) is 4.96. The lowest BCUT2D eigenvalue weighted by molar-refractivity contribution is -0.115. The van der Waals surface area contributed by atoms with Crippen molar-refractivity contribution < 1.29 is 13.6 Å². The van der Waals surface area contributed by atoms with E-state index < -0.39 is 17.2 Å². The summed E-state index contributed by atoms with van der Waals surface area (Å²) in [6.45, 7) is 3.81. The third-order valence-corrected chi connectivity index (χ3v) is 4.96. The zero-order chi connectivity index (χ0) is 20.8. The van der Waals surface area contributed by atoms with Crippen molar-refractivity contribution in [1.29, 1.82) is 0 Å². The molecule has 4 aromatic rings. The van der Waals surface area contributed by atoms with Crippen LogP contribution >= 0.6 is 0 Å². The van der Waals surface area contributed by atoms with Crippen LogP contribution in [0.5, 0.6) is 0 Å². The van der Waals surface area contributed by atoms with E-state index in [4.69, 9.17) is 5.73 Å². The third kappa shape index (κ3) is 3.84. The van der Waals surface area contributed by atoms with Gasteiger partial charge in [0.05, 0.1) is 6.42 Å². The Morgan fingerprint density at radius 2 is 1.72 bits per heavy atom. The number of carbonyl (C=O) groups is 1. The zero-order valence-corrected chi connectivity index (χ0v) is 16.1. The second-order valence-electron chi connectivity index (χ2n) is 7.84. The molecular weight excluding hydrogens is 372 g/mol. The molecule has 6 heteroatoms. The number of H-pyrrole nitrogens is 1. The highest BCUT2D eigenvalue weighted by molar-refractivity contribution is 6.07. The molecule has 1 heterocycles. The second-order valence-corrected chi connectivity index (χ2v) is 7.84. The summed E-state index contributed by atoms with van der Waals surface area (Å²) in [5.74, 6) is -1.94. The predicted octanol–water partition coefficient (Wildman–Crippen LogP) is 4.97. The molecular formula is C23H21F2N3O. The number of carbonyl (C=O) groups excluding carboxylic acids is 1. The van der Waals surface area contributed by atoms with Gasteiger partial charge in [-0.15, -0.1) is 0 Å². The van der Waals surface area contributed by atoms with Crippen LogP contribution in [-0.4, -0.2) is 10.9 Å². The summed E-state index contributed by atoms with van der Waals surface area (Å²) in [5, 5.41) is 4.27. The number of nitrogens with two attached hydrogens (primary N) is 1. The lowest BCUT2D eigenvalue weighted by Crippen LogP contribution is -2.28. The molecule has 0 aliphatic carbocycles. The van der Waals surface area contributed by atoms with Gasteiger partial charge in [0.1, 0.15) is 0 Å². The Kier molecular flexibility index (Phi) is 4.59. The first kappa shape index (κ1) is 19.1. The molecule has 4 rings (SSSR count). The SMILES string of the molecule is CC(C)(N)c1cccc(NC(=O)Cc2ccc3c(c2)[nH]c2cc(F)c(F)cc23)c1. The first-order valence-corrected chi connectivity index (χ1v) is 9.29. The summed E-state index contributed by atoms with van der Waals surface area (Å²) < 4.78 is 27.0. The molecule has 1 amide bonds. The van der Waals surface area contributed by atoms with E-state index in [9.17, 15) is 13.6 Å². The number of aromatic nitrogens is 1. The topological polar surface area (TPSA) is 70.9 Å². The Morgan fingerprint density at radius 3 is 2.48 bits per heavy atom. The highest BCUT2D eigenvalue weighted by atomic mass is 19.2. The fourth-order valence-electron chi connectivity index (χ4n) is 3.45. The Hall–Kier alpha value is -3.25. The number of amides is 1. The second kappa shape index (κ2) is 6.97. The zero-order valence-electron chi connectivity index (χ0n) is 16.1. The smallest absolute Gasteiger partial charge is 0.228 e. The summed E-state index contributed by atoms with van der Waals surface area (Å²) in [5.41, 5.74) is 9.26. The normalized spacial score (nSPS) is 11.9. The number of hydrogen-bond acceptors (Lipinski definition) is 2. The number of aromatic amines is 1. The van der Waals surface area contributed by atoms with Gasteiger partial charge in [-0.3, -0.25) is 4.79 Å². The monoisotopic (exact) mass is 393 g/mol. The fraction of sp³-hybridized carbons (Fsp3) is 0.174. The first-order chi connectivity index (χ1) is 13.7. The highest BCUT2D eigenvalue weighted by Crippen LogP contribution is 2.28. The Balaban J connectivity index is 1.56. The van der Waals surface area contributed by atoms with E-state index in [-0.39, 0.29) is 12.3 Å². The number of halogens is 2. The summed E-state index contributed by atoms with van der Waals surface area (Å²) in [4.78, 5) is 15.6. The van der Waals surface area contributed by atoms with E-state index in [1.165, 1.54) is 6.07 Å². The van der Waals surface area contributed by atoms with Crippen molar-refractivity contribution in [3.05, 3.63) is 77.4 Å². The maximum absolute atomic E-state index is 13.6. The van der Waals surface area contributed by atoms with Gasteiger partial charge in [-0.2, -0.15) is 0 Å². The first-order valence-electron chi connectivity index (χ1n) is 9.29. The molecule has 0 atom stereocenters. The van der Waals surface area contributed by atoms with Crippen molar-refractivity contribution in [3.63, 3.8) is 0 Å². The van der Waals surface area contributed by atoms with Gasteiger partial charge in [-0.25, -0.2) is 8.78 Å². The van der Waals surface area contributed by atoms with Crippen LogP contribution in [0.3, 0.4) is 0 Å². The summed E-state index contributed by atoms with van der Waals surface area (Å²) >= 11 is 0. The van der Waals surface area contributed by atoms with Crippen molar-refractivity contribution >= 4 is 33.4 Å². The van der Waals surface area contributed by atoms with Gasteiger partial charge in [-0.1, -0.05) is 24.3 Å². The lowest BCUT2D eigenvalue weighted by Gasteiger charge is -2.20. The minimum Gasteiger partial charge on any atom is -0.354 e. The van der Waals surface area contributed by atoms with Crippen LogP contribution in [0, 0.1) is 11.6 Å². The number of nitrogens with one attached hydrogen (secondary N) is 2. The van der Waals surface area contributed by atoms with E-state index in [2.05, 4.69) is 10.3 Å². The maximum atomic E-state index is 13.6. The molecule has 0 saturated carbocycles. The number of hydrogen-bond donors (Lipinski definition) is 3. The van der Waals surface area contributed by atoms with Crippen molar-refractivity contribution in [2.24, 2.45) is 5.73 Å². The summed E-state index contributed by atoms with van der Waals surface area (Å²) in [7, 11) is 0. The quantitative estimate of drug-likeness (QED) is 0.458. The number of anilines is 1. The van der Waals surface area contributed by atoms with E-state index in [0.29, 0.717) is 16.6 Å². The van der Waals surface area contributed by atoms with Crippen molar-refractivity contribution in [2.45, 2.75) is 25.8 Å². The molecule has 148 valence electrons. The van der Waals surface area contributed by atoms with Gasteiger partial charge >= 0.3 is 0 Å². The average Bonchev–Trinajstić information content (AvgIpc) is 2.98. The molecule has 3 aromatic carbocycles. The summed E-state index contributed by atoms with van der Waals surface area (Å²) in [6.07, 6.45) is 0.171. The molecule has 0 aliphatic rings. The molecule has 1 aromatic heterocycles. The minimum absolute atomic E-state index is 0.162. The largest absolute Gasteiger partial charge is 0.354 e. The molecule has 29 heavy (non-hydrogen) atoms. The van der Waals surface area contributed by atoms with Gasteiger partial charge in [0.15, 0.2) is 11.6 Å². The van der Waals surface area contributed by atoms with Crippen LogP contribution in [-0.2, 0) is 16.8 Å². The molecule has 0 fully saturated rings. The highest BCUT2D eigenvalue weighted by Gasteiger charge is 2.15. The van der Waals surface area contributed by atoms with E-state index >= 15 is 0 Å². The van der Waals surface area contributed by atoms with E-state index in [1.54, 1.807) is 0 Å². The van der Waals surface area contributed by atoms with Gasteiger partial charge in [-0.05, 0) is 49.2 Å². The molecule has 0 aliphatic heterocycles. The summed E-state index contributed by atoms with van der Waals surface area (Å²) in [6, 6.07) is 15.2. The van der Waals surface area contributed by atoms with Crippen molar-refractivity contribution in [3.8, 4) is 0 Å². The van der Waals surface area contributed by atoms with Crippen LogP contribution in [0.1, 0.15) is 25.0 Å². The van der Waals surface area contributed by atoms with Crippen molar-refractivity contribution in [2.75, 3.05) is 5.32 Å². The van der Waals surface area contributed by atoms with Gasteiger partial charge in [0.25, 0.3) is 0 Å². The van der Waals surface area contributed by atoms with E-state index in [0.717, 1.165) is 28.1 Å². The molecule has 0 unspecified atom stereocenters. The molecule has 0 saturated heterocycles. The van der Waals surface area contributed by atoms with Gasteiger partial charge < -0.3 is 16.0 Å². The Bertz CT molecular complexity index is 1240. The van der Waals surface area contributed by atoms with Crippen LogP contribution in [0.2, 0.25) is 0 Å². The Labute approximate surface area is 166 Å². The fourth-order valence-corrected chi connectivity index (χ4v) is 3.45. The van der Waals surface area contributed by atoms with E-state index in [1.807, 2.05) is 56.3 Å². The van der Waals surface area contributed by atoms with Crippen LogP contribution < -0.4 is 11.1 Å². The molecule has 4 nitrogen and oxygen atoms in total. The average molecular weight is 393 g/mol. The maximum Gasteiger partial charge on any atom is 0.228 e. The molecule has 4 N–H and O–H groups in total. The number of fused-ring (bicyclic) bond motifs is 3. The molecule has 0 bridgehead atoms. The van der Waals surface area contributed by atoms with Crippen LogP contribution in [0.4, 0.5) is 14.5 Å². The lowest BCUT2D eigenvalue weighted by atomic mass is 9.95. The van der Waals surface area contributed by atoms with Crippen LogP contribution in [0.25, 0.3) is 21.8 Å². The number of benzene rings is 3. The molecule has 0 spiro atoms. The molecule has 0 radical (unpaired) electrons. The predicted molar refractivity (Wildman–Crippen MR) is 112 cm³/mol. The Morgan fingerprint density at radius 1 is 1.00 bits per heavy atom. The van der Waals surface area contributed by atoms with Gasteiger partial charge in [0.2, 0.25) is 5.91 Å². The standard InChI is InChI=1S/C23H21F2N3O/c1-23(2,26)14-4-3-5-15(10-14)27-22(29)9-13-6-7-16-17-11-18(24)19(25)12-21(17)28-20(16)8-13/h3-8,10-12,28H,9,26H2,1-2H3,(H,27,29). The van der Waals surface area contributed by atoms with Crippen molar-refractivity contribution in [1.82, 2.24) is 4.98 Å². The van der Waals surface area contributed by atoms with Crippen LogP contribution in [0.15, 0.2) is 54.6 Å².